The van der Waals surface area contributed by atoms with Gasteiger partial charge in [0.25, 0.3) is 0 Å². The van der Waals surface area contributed by atoms with Crippen molar-refractivity contribution in [1.29, 1.82) is 0 Å². The zero-order chi connectivity index (χ0) is 76.5. The van der Waals surface area contributed by atoms with Gasteiger partial charge in [-0.05, 0) is 43.4 Å². The van der Waals surface area contributed by atoms with E-state index in [4.69, 9.17) is 37.0 Å². The number of unbranched alkanes of at least 4 members (excludes halogenated alkanes) is 50. The Bertz CT molecular complexity index is 2010. The minimum Gasteiger partial charge on any atom is -0.462 e. The first-order valence-corrected chi connectivity index (χ1v) is 46.9. The minimum atomic E-state index is -4.97. The Kier molecular flexibility index (Phi) is 73.7. The lowest BCUT2D eigenvalue weighted by Gasteiger charge is -2.21. The lowest BCUT2D eigenvalue weighted by Crippen LogP contribution is -2.30. The van der Waals surface area contributed by atoms with Crippen LogP contribution in [0.4, 0.5) is 0 Å². The Morgan fingerprint density at radius 1 is 0.279 bits per heavy atom. The first kappa shape index (κ1) is 102. The fourth-order valence-corrected chi connectivity index (χ4v) is 14.7. The molecule has 0 aromatic heterocycles. The first-order chi connectivity index (χ1) is 50.3. The van der Waals surface area contributed by atoms with Gasteiger partial charge >= 0.3 is 39.5 Å². The number of esters is 4. The van der Waals surface area contributed by atoms with Gasteiger partial charge in [-0.1, -0.05) is 395 Å². The molecule has 104 heavy (non-hydrogen) atoms. The summed E-state index contributed by atoms with van der Waals surface area (Å²) in [6, 6.07) is 0. The number of hydrogen-bond acceptors (Lipinski definition) is 15. The lowest BCUT2D eigenvalue weighted by molar-refractivity contribution is -0.161. The molecule has 0 amide bonds. The van der Waals surface area contributed by atoms with Gasteiger partial charge in [0, 0.05) is 25.7 Å². The van der Waals surface area contributed by atoms with Crippen molar-refractivity contribution in [2.45, 2.75) is 465 Å². The molecule has 0 bridgehead atoms. The summed E-state index contributed by atoms with van der Waals surface area (Å²) in [5.74, 6) is 0.291. The molecule has 0 aromatic rings. The summed E-state index contributed by atoms with van der Waals surface area (Å²) in [7, 11) is -9.93. The number of carbonyl (C=O) groups is 4. The van der Waals surface area contributed by atoms with Gasteiger partial charge in [0.2, 0.25) is 0 Å². The number of rotatable bonds is 83. The fourth-order valence-electron chi connectivity index (χ4n) is 13.2. The maximum absolute atomic E-state index is 13.1. The fraction of sp³-hybridized carbons (Fsp3) is 0.953. The smallest absolute Gasteiger partial charge is 0.462 e. The van der Waals surface area contributed by atoms with Crippen molar-refractivity contribution in [3.05, 3.63) is 0 Å². The van der Waals surface area contributed by atoms with Crippen molar-refractivity contribution in [3.8, 4) is 0 Å². The van der Waals surface area contributed by atoms with E-state index in [1.807, 2.05) is 0 Å². The Morgan fingerprint density at radius 2 is 0.490 bits per heavy atom. The van der Waals surface area contributed by atoms with Gasteiger partial charge in [-0.25, -0.2) is 9.13 Å². The van der Waals surface area contributed by atoms with Crippen LogP contribution in [0.2, 0.25) is 0 Å². The molecule has 3 N–H and O–H groups in total. The molecule has 17 nitrogen and oxygen atoms in total. The van der Waals surface area contributed by atoms with Gasteiger partial charge < -0.3 is 33.8 Å². The van der Waals surface area contributed by atoms with Gasteiger partial charge in [0.1, 0.15) is 19.3 Å². The van der Waals surface area contributed by atoms with Crippen molar-refractivity contribution < 1.29 is 80.2 Å². The third kappa shape index (κ3) is 76.8. The molecule has 6 atom stereocenters. The van der Waals surface area contributed by atoms with E-state index >= 15 is 0 Å². The number of aliphatic hydroxyl groups is 1. The van der Waals surface area contributed by atoms with Crippen molar-refractivity contribution in [1.82, 2.24) is 0 Å². The van der Waals surface area contributed by atoms with Crippen LogP contribution in [-0.4, -0.2) is 96.7 Å². The predicted octanol–water partition coefficient (Wildman–Crippen LogP) is 25.7. The second kappa shape index (κ2) is 75.1. The quantitative estimate of drug-likeness (QED) is 0.0222. The van der Waals surface area contributed by atoms with E-state index in [0.29, 0.717) is 25.7 Å². The summed E-state index contributed by atoms with van der Waals surface area (Å²) in [5.41, 5.74) is 0. The van der Waals surface area contributed by atoms with E-state index in [1.54, 1.807) is 0 Å². The highest BCUT2D eigenvalue weighted by Gasteiger charge is 2.30. The van der Waals surface area contributed by atoms with Crippen LogP contribution in [0.25, 0.3) is 0 Å². The van der Waals surface area contributed by atoms with E-state index in [2.05, 4.69) is 48.5 Å². The van der Waals surface area contributed by atoms with Crippen LogP contribution in [0.5, 0.6) is 0 Å². The average molecular weight is 1520 g/mol. The van der Waals surface area contributed by atoms with Crippen LogP contribution in [0.1, 0.15) is 447 Å². The average Bonchev–Trinajstić information content (AvgIpc) is 0.920. The van der Waals surface area contributed by atoms with E-state index in [9.17, 15) is 43.2 Å². The molecule has 0 heterocycles. The van der Waals surface area contributed by atoms with Crippen LogP contribution in [-0.2, 0) is 65.4 Å². The molecule has 0 saturated heterocycles. The van der Waals surface area contributed by atoms with Crippen LogP contribution < -0.4 is 0 Å². The number of phosphoric ester groups is 2. The van der Waals surface area contributed by atoms with Crippen molar-refractivity contribution in [3.63, 3.8) is 0 Å². The molecule has 0 saturated carbocycles. The molecule has 0 fully saturated rings. The topological polar surface area (TPSA) is 237 Å². The van der Waals surface area contributed by atoms with Gasteiger partial charge in [0.15, 0.2) is 12.2 Å². The molecular formula is C85H166O17P2. The Labute approximate surface area is 638 Å². The first-order valence-electron chi connectivity index (χ1n) is 43.9. The summed E-state index contributed by atoms with van der Waals surface area (Å²) in [4.78, 5) is 73.2. The number of aliphatic hydroxyl groups excluding tert-OH is 1. The van der Waals surface area contributed by atoms with Crippen LogP contribution in [0.3, 0.4) is 0 Å². The third-order valence-corrected chi connectivity index (χ3v) is 22.1. The molecule has 0 aliphatic carbocycles. The van der Waals surface area contributed by atoms with Gasteiger partial charge in [-0.15, -0.1) is 0 Å². The summed E-state index contributed by atoms with van der Waals surface area (Å²) < 4.78 is 68.8. The molecule has 0 aliphatic heterocycles. The molecule has 0 rings (SSSR count). The van der Waals surface area contributed by atoms with Gasteiger partial charge in [0.05, 0.1) is 26.4 Å². The maximum Gasteiger partial charge on any atom is 0.472 e. The van der Waals surface area contributed by atoms with Gasteiger partial charge in [-0.2, -0.15) is 0 Å². The van der Waals surface area contributed by atoms with Crippen LogP contribution in [0, 0.1) is 17.8 Å². The van der Waals surface area contributed by atoms with Crippen LogP contribution >= 0.6 is 15.6 Å². The van der Waals surface area contributed by atoms with Gasteiger partial charge in [-0.3, -0.25) is 37.3 Å². The van der Waals surface area contributed by atoms with Crippen molar-refractivity contribution in [2.24, 2.45) is 17.8 Å². The largest absolute Gasteiger partial charge is 0.472 e. The number of phosphoric acid groups is 2. The molecule has 0 aromatic carbocycles. The summed E-state index contributed by atoms with van der Waals surface area (Å²) in [6.07, 6.45) is 65.2. The highest BCUT2D eigenvalue weighted by molar-refractivity contribution is 7.47. The minimum absolute atomic E-state index is 0.107. The Balaban J connectivity index is 5.23. The van der Waals surface area contributed by atoms with Crippen molar-refractivity contribution >= 4 is 39.5 Å². The standard InChI is InChI=1S/C85H166O17P2/c1-8-10-11-12-13-14-15-16-27-33-38-47-54-61-68-84(89)102-81(73-96-83(88)67-60-53-46-41-40-43-50-57-64-77(5)6)75-100-104(93,94)98-71-79(86)70-97-103(91,92)99-74-80(72-95-82(87)66-59-52-45-37-32-28-24-23-25-30-35-42-49-56-63-76(3)4)101-85(90)69-62-55-48-39-34-29-22-20-18-17-19-21-26-31-36-44-51-58-65-78(7)9-2/h76-81,86H,8-75H2,1-7H3,(H,91,92)(H,93,94)/t78?,79-,80-,81-/m1/s1. The summed E-state index contributed by atoms with van der Waals surface area (Å²) >= 11 is 0. The maximum atomic E-state index is 13.1. The molecule has 19 heteroatoms. The lowest BCUT2D eigenvalue weighted by atomic mass is 9.99. The molecule has 0 spiro atoms. The third-order valence-electron chi connectivity index (χ3n) is 20.2. The van der Waals surface area contributed by atoms with E-state index in [0.717, 1.165) is 108 Å². The zero-order valence-corrected chi connectivity index (χ0v) is 70.3. The van der Waals surface area contributed by atoms with Crippen molar-refractivity contribution in [2.75, 3.05) is 39.6 Å². The SMILES string of the molecule is CCCCCCCCCCCCCCCCC(=O)O[C@H](COC(=O)CCCCCCCCCCC(C)C)COP(=O)(O)OC[C@H](O)COP(=O)(O)OC[C@@H](COC(=O)CCCCCCCCCCCCCCCCC(C)C)OC(=O)CCCCCCCCCCCCCCCCCCCCC(C)CC. The second-order valence-electron chi connectivity index (χ2n) is 31.8. The molecule has 0 radical (unpaired) electrons. The Morgan fingerprint density at radius 3 is 0.731 bits per heavy atom. The summed E-state index contributed by atoms with van der Waals surface area (Å²) in [5, 5.41) is 10.7. The number of hydrogen-bond donors (Lipinski definition) is 3. The molecule has 618 valence electrons. The van der Waals surface area contributed by atoms with E-state index in [-0.39, 0.29) is 25.7 Å². The summed E-state index contributed by atoms with van der Waals surface area (Å²) in [6.45, 7) is 12.0. The monoisotopic (exact) mass is 1520 g/mol. The second-order valence-corrected chi connectivity index (χ2v) is 34.7. The number of carbonyl (C=O) groups excluding carboxylic acids is 4. The van der Waals surface area contributed by atoms with E-state index < -0.39 is 97.5 Å². The molecular weight excluding hydrogens is 1350 g/mol. The zero-order valence-electron chi connectivity index (χ0n) is 68.5. The Hall–Kier alpha value is -1.94. The molecule has 0 aliphatic rings. The highest BCUT2D eigenvalue weighted by Crippen LogP contribution is 2.45. The molecule has 3 unspecified atom stereocenters. The normalized spacial score (nSPS) is 14.2. The predicted molar refractivity (Wildman–Crippen MR) is 428 cm³/mol. The number of ether oxygens (including phenoxy) is 4. The highest BCUT2D eigenvalue weighted by atomic mass is 31.2. The van der Waals surface area contributed by atoms with E-state index in [1.165, 1.54) is 257 Å². The van der Waals surface area contributed by atoms with Crippen LogP contribution in [0.15, 0.2) is 0 Å².